The smallest absolute Gasteiger partial charge is 0.301 e. The highest BCUT2D eigenvalue weighted by molar-refractivity contribution is 5.93. The van der Waals surface area contributed by atoms with Gasteiger partial charge in [-0.3, -0.25) is 4.79 Å². The molecule has 0 heterocycles. The highest BCUT2D eigenvalue weighted by atomic mass is 17.1. The standard InChI is InChI=1S/C23H32.C11H16O4/c1-7-22(3,4)20-13-9-18(10-14-20)17-19-11-15-21(16-12-19)23(5,6)8-2;1-10(2)7-3-4-11(10,8(12)5-7)6-9(13)15-14/h9-16H,7-8,17H2,1-6H3;7,14H,3-6H2,1-2H3. The van der Waals surface area contributed by atoms with Crippen LogP contribution in [0.5, 0.6) is 0 Å². The molecule has 2 saturated carbocycles. The molecule has 38 heavy (non-hydrogen) atoms. The van der Waals surface area contributed by atoms with Gasteiger partial charge in [0.1, 0.15) is 5.78 Å². The van der Waals surface area contributed by atoms with Crippen LogP contribution >= 0.6 is 0 Å². The molecule has 4 rings (SSSR count). The Balaban J connectivity index is 0.000000230. The molecule has 0 aliphatic heterocycles. The average Bonchev–Trinajstić information content (AvgIpc) is 3.24. The molecule has 2 aliphatic carbocycles. The third kappa shape index (κ3) is 5.91. The molecule has 0 amide bonds. The van der Waals surface area contributed by atoms with Crippen LogP contribution in [0.15, 0.2) is 48.5 Å². The monoisotopic (exact) mass is 520 g/mol. The maximum absolute atomic E-state index is 11.9. The van der Waals surface area contributed by atoms with Gasteiger partial charge in [0.05, 0.1) is 6.42 Å². The number of hydrogen-bond donors (Lipinski definition) is 1. The van der Waals surface area contributed by atoms with Crippen molar-refractivity contribution in [3.8, 4) is 0 Å². The number of ketones is 1. The van der Waals surface area contributed by atoms with E-state index in [4.69, 9.17) is 5.26 Å². The molecule has 2 aromatic carbocycles. The highest BCUT2D eigenvalue weighted by Gasteiger charge is 2.64. The fraction of sp³-hybridized carbons (Fsp3) is 0.588. The summed E-state index contributed by atoms with van der Waals surface area (Å²) in [5, 5.41) is 8.31. The zero-order valence-corrected chi connectivity index (χ0v) is 24.8. The number of rotatable bonds is 8. The van der Waals surface area contributed by atoms with Gasteiger partial charge in [-0.1, -0.05) is 104 Å². The summed E-state index contributed by atoms with van der Waals surface area (Å²) < 4.78 is 0. The molecule has 2 atom stereocenters. The van der Waals surface area contributed by atoms with Crippen molar-refractivity contribution >= 4 is 11.8 Å². The fourth-order valence-electron chi connectivity index (χ4n) is 6.25. The lowest BCUT2D eigenvalue weighted by molar-refractivity contribution is -0.237. The maximum Gasteiger partial charge on any atom is 0.343 e. The molecule has 1 N–H and O–H groups in total. The topological polar surface area (TPSA) is 63.6 Å². The minimum Gasteiger partial charge on any atom is -0.301 e. The summed E-state index contributed by atoms with van der Waals surface area (Å²) >= 11 is 0. The van der Waals surface area contributed by atoms with Gasteiger partial charge in [0, 0.05) is 11.8 Å². The first-order chi connectivity index (χ1) is 17.7. The molecule has 2 aliphatic rings. The minimum atomic E-state index is -0.695. The van der Waals surface area contributed by atoms with Gasteiger partial charge in [0.15, 0.2) is 0 Å². The first kappa shape index (κ1) is 30.1. The summed E-state index contributed by atoms with van der Waals surface area (Å²) in [6.45, 7) is 17.9. The van der Waals surface area contributed by atoms with Crippen molar-refractivity contribution in [2.75, 3.05) is 0 Å². The second-order valence-electron chi connectivity index (χ2n) is 13.4. The second-order valence-corrected chi connectivity index (χ2v) is 13.4. The molecule has 2 bridgehead atoms. The number of Topliss-reactive ketones (excluding diaryl/α,β-unsaturated/α-hetero) is 1. The lowest BCUT2D eigenvalue weighted by atomic mass is 9.67. The highest BCUT2D eigenvalue weighted by Crippen LogP contribution is 2.65. The quantitative estimate of drug-likeness (QED) is 0.280. The summed E-state index contributed by atoms with van der Waals surface area (Å²) in [5.41, 5.74) is 5.46. The zero-order valence-electron chi connectivity index (χ0n) is 24.8. The van der Waals surface area contributed by atoms with E-state index in [2.05, 4.69) is 95.0 Å². The Morgan fingerprint density at radius 1 is 0.895 bits per heavy atom. The summed E-state index contributed by atoms with van der Waals surface area (Å²) in [4.78, 5) is 26.8. The van der Waals surface area contributed by atoms with Crippen LogP contribution in [0.3, 0.4) is 0 Å². The van der Waals surface area contributed by atoms with Crippen LogP contribution in [0.1, 0.15) is 116 Å². The first-order valence-electron chi connectivity index (χ1n) is 14.3. The Hall–Kier alpha value is -2.46. The summed E-state index contributed by atoms with van der Waals surface area (Å²) in [5.74, 6) is -0.149. The van der Waals surface area contributed by atoms with E-state index in [9.17, 15) is 9.59 Å². The lowest BCUT2D eigenvalue weighted by Gasteiger charge is -2.35. The zero-order chi connectivity index (χ0) is 28.4. The SMILES string of the molecule is CC1(C)C2CCC1(CC(=O)OO)C(=O)C2.CCC(C)(C)c1ccc(Cc2ccc(C(C)(C)CC)cc2)cc1. The van der Waals surface area contributed by atoms with Gasteiger partial charge in [0.25, 0.3) is 0 Å². The number of carbonyl (C=O) groups is 2. The predicted molar refractivity (Wildman–Crippen MR) is 154 cm³/mol. The van der Waals surface area contributed by atoms with Crippen LogP contribution in [-0.4, -0.2) is 17.0 Å². The van der Waals surface area contributed by atoms with Crippen molar-refractivity contribution in [2.45, 2.75) is 111 Å². The van der Waals surface area contributed by atoms with Gasteiger partial charge in [0.2, 0.25) is 0 Å². The fourth-order valence-corrected chi connectivity index (χ4v) is 6.25. The normalized spacial score (nSPS) is 22.1. The van der Waals surface area contributed by atoms with E-state index < -0.39 is 11.4 Å². The van der Waals surface area contributed by atoms with Crippen LogP contribution in [0.4, 0.5) is 0 Å². The van der Waals surface area contributed by atoms with Gasteiger partial charge in [-0.2, -0.15) is 5.26 Å². The molecule has 0 spiro atoms. The molecule has 0 saturated heterocycles. The molecule has 4 nitrogen and oxygen atoms in total. The predicted octanol–water partition coefficient (Wildman–Crippen LogP) is 8.44. The van der Waals surface area contributed by atoms with Gasteiger partial charge in [-0.25, -0.2) is 4.79 Å². The largest absolute Gasteiger partial charge is 0.343 e. The van der Waals surface area contributed by atoms with E-state index in [1.807, 2.05) is 13.8 Å². The molecule has 208 valence electrons. The van der Waals surface area contributed by atoms with E-state index in [0.717, 1.165) is 19.3 Å². The Kier molecular flexibility index (Phi) is 8.98. The molecule has 4 heteroatoms. The van der Waals surface area contributed by atoms with E-state index in [0.29, 0.717) is 12.3 Å². The Bertz CT molecular complexity index is 1050. The number of fused-ring (bicyclic) bond motifs is 2. The minimum absolute atomic E-state index is 0.0197. The van der Waals surface area contributed by atoms with Crippen LogP contribution in [0.25, 0.3) is 0 Å². The number of benzene rings is 2. The van der Waals surface area contributed by atoms with Gasteiger partial charge >= 0.3 is 5.97 Å². The summed E-state index contributed by atoms with van der Waals surface area (Å²) in [7, 11) is 0. The van der Waals surface area contributed by atoms with E-state index >= 15 is 0 Å². The van der Waals surface area contributed by atoms with Crippen molar-refractivity contribution in [1.29, 1.82) is 0 Å². The first-order valence-corrected chi connectivity index (χ1v) is 14.3. The van der Waals surface area contributed by atoms with E-state index in [1.165, 1.54) is 35.1 Å². The lowest BCUT2D eigenvalue weighted by Crippen LogP contribution is -2.38. The van der Waals surface area contributed by atoms with E-state index in [1.54, 1.807) is 0 Å². The average molecular weight is 521 g/mol. The van der Waals surface area contributed by atoms with Crippen LogP contribution in [0, 0.1) is 16.7 Å². The number of carbonyl (C=O) groups excluding carboxylic acids is 2. The van der Waals surface area contributed by atoms with Crippen LogP contribution < -0.4 is 0 Å². The molecule has 0 radical (unpaired) electrons. The third-order valence-corrected chi connectivity index (χ3v) is 10.3. The molecule has 2 unspecified atom stereocenters. The van der Waals surface area contributed by atoms with Crippen molar-refractivity contribution in [1.82, 2.24) is 0 Å². The van der Waals surface area contributed by atoms with Gasteiger partial charge in [-0.15, -0.1) is 0 Å². The third-order valence-electron chi connectivity index (χ3n) is 10.3. The van der Waals surface area contributed by atoms with Crippen LogP contribution in [0.2, 0.25) is 0 Å². The molecule has 0 aromatic heterocycles. The van der Waals surface area contributed by atoms with Crippen LogP contribution in [-0.2, 0) is 31.7 Å². The van der Waals surface area contributed by atoms with Crippen molar-refractivity contribution in [3.63, 3.8) is 0 Å². The van der Waals surface area contributed by atoms with Crippen molar-refractivity contribution in [2.24, 2.45) is 16.7 Å². The van der Waals surface area contributed by atoms with E-state index in [-0.39, 0.29) is 28.4 Å². The summed E-state index contributed by atoms with van der Waals surface area (Å²) in [6.07, 6.45) is 5.69. The molecular weight excluding hydrogens is 472 g/mol. The summed E-state index contributed by atoms with van der Waals surface area (Å²) in [6, 6.07) is 18.3. The molecule has 2 aromatic rings. The van der Waals surface area contributed by atoms with Gasteiger partial charge < -0.3 is 4.89 Å². The second kappa shape index (κ2) is 11.3. The maximum atomic E-state index is 11.9. The Morgan fingerprint density at radius 2 is 1.34 bits per heavy atom. The Labute approximate surface area is 230 Å². The molecular formula is C34H48O4. The Morgan fingerprint density at radius 3 is 1.66 bits per heavy atom. The van der Waals surface area contributed by atoms with Gasteiger partial charge in [-0.05, 0) is 76.5 Å². The molecule has 2 fully saturated rings. The number of hydrogen-bond acceptors (Lipinski definition) is 4. The van der Waals surface area contributed by atoms with Crippen molar-refractivity contribution in [3.05, 3.63) is 70.8 Å². The van der Waals surface area contributed by atoms with Crippen molar-refractivity contribution < 1.29 is 19.7 Å².